The van der Waals surface area contributed by atoms with Crippen molar-refractivity contribution in [2.75, 3.05) is 6.54 Å². The molecule has 2 heterocycles. The van der Waals surface area contributed by atoms with Gasteiger partial charge in [0.2, 0.25) is 0 Å². The smallest absolute Gasteiger partial charge is 0.169 e. The molecule has 2 aromatic rings. The summed E-state index contributed by atoms with van der Waals surface area (Å²) in [7, 11) is 0. The Bertz CT molecular complexity index is 496. The van der Waals surface area contributed by atoms with Crippen molar-refractivity contribution in [2.45, 2.75) is 19.9 Å². The van der Waals surface area contributed by atoms with Crippen LogP contribution in [0.4, 0.5) is 0 Å². The third-order valence-corrected chi connectivity index (χ3v) is 2.94. The number of nitrogens with one attached hydrogen (secondary N) is 1. The van der Waals surface area contributed by atoms with Crippen molar-refractivity contribution in [3.63, 3.8) is 0 Å². The Labute approximate surface area is 109 Å². The van der Waals surface area contributed by atoms with E-state index in [2.05, 4.69) is 39.2 Å². The standard InChI is InChI=1S/C13H15BrN2O/c1-3-16-13(11-4-5-12(14)17-11)10-6-9(2)7-15-8-10/h4-8,13,16H,3H2,1-2H3. The molecule has 90 valence electrons. The lowest BCUT2D eigenvalue weighted by Crippen LogP contribution is -2.21. The summed E-state index contributed by atoms with van der Waals surface area (Å²) in [5, 5.41) is 3.40. The maximum absolute atomic E-state index is 5.62. The second-order valence-electron chi connectivity index (χ2n) is 3.93. The topological polar surface area (TPSA) is 38.1 Å². The van der Waals surface area contributed by atoms with Crippen molar-refractivity contribution in [2.24, 2.45) is 0 Å². The normalized spacial score (nSPS) is 12.6. The second-order valence-corrected chi connectivity index (χ2v) is 4.71. The molecule has 1 unspecified atom stereocenters. The average Bonchev–Trinajstić information content (AvgIpc) is 2.72. The Kier molecular flexibility index (Phi) is 3.97. The van der Waals surface area contributed by atoms with Crippen molar-refractivity contribution in [3.8, 4) is 0 Å². The van der Waals surface area contributed by atoms with Gasteiger partial charge in [0.1, 0.15) is 5.76 Å². The molecule has 2 rings (SSSR count). The molecule has 3 nitrogen and oxygen atoms in total. The number of furan rings is 1. The summed E-state index contributed by atoms with van der Waals surface area (Å²) in [5.74, 6) is 0.895. The highest BCUT2D eigenvalue weighted by atomic mass is 79.9. The Morgan fingerprint density at radius 3 is 2.82 bits per heavy atom. The lowest BCUT2D eigenvalue weighted by Gasteiger charge is -2.15. The molecule has 0 bridgehead atoms. The number of aromatic nitrogens is 1. The second kappa shape index (κ2) is 5.47. The zero-order valence-electron chi connectivity index (χ0n) is 9.90. The minimum absolute atomic E-state index is 0.0544. The van der Waals surface area contributed by atoms with E-state index in [1.54, 1.807) is 0 Å². The van der Waals surface area contributed by atoms with Gasteiger partial charge in [0.25, 0.3) is 0 Å². The number of rotatable bonds is 4. The van der Waals surface area contributed by atoms with Crippen LogP contribution in [0.3, 0.4) is 0 Å². The van der Waals surface area contributed by atoms with Crippen molar-refractivity contribution >= 4 is 15.9 Å². The van der Waals surface area contributed by atoms with Gasteiger partial charge in [-0.15, -0.1) is 0 Å². The summed E-state index contributed by atoms with van der Waals surface area (Å²) in [4.78, 5) is 4.23. The van der Waals surface area contributed by atoms with Gasteiger partial charge in [0.05, 0.1) is 6.04 Å². The summed E-state index contributed by atoms with van der Waals surface area (Å²) >= 11 is 3.33. The molecular formula is C13H15BrN2O. The van der Waals surface area contributed by atoms with Crippen LogP contribution in [0.1, 0.15) is 29.9 Å². The lowest BCUT2D eigenvalue weighted by atomic mass is 10.1. The summed E-state index contributed by atoms with van der Waals surface area (Å²) in [6.45, 7) is 4.99. The zero-order valence-corrected chi connectivity index (χ0v) is 11.5. The predicted octanol–water partition coefficient (Wildman–Crippen LogP) is 3.44. The number of nitrogens with zero attached hydrogens (tertiary/aromatic N) is 1. The number of pyridine rings is 1. The van der Waals surface area contributed by atoms with Gasteiger partial charge in [-0.1, -0.05) is 13.0 Å². The molecule has 0 radical (unpaired) electrons. The van der Waals surface area contributed by atoms with Crippen molar-refractivity contribution in [1.29, 1.82) is 0 Å². The molecule has 0 amide bonds. The maximum atomic E-state index is 5.62. The number of hydrogen-bond acceptors (Lipinski definition) is 3. The number of halogens is 1. The maximum Gasteiger partial charge on any atom is 0.169 e. The van der Waals surface area contributed by atoms with Crippen molar-refractivity contribution in [1.82, 2.24) is 10.3 Å². The highest BCUT2D eigenvalue weighted by molar-refractivity contribution is 9.10. The van der Waals surface area contributed by atoms with E-state index in [0.29, 0.717) is 0 Å². The first-order valence-electron chi connectivity index (χ1n) is 5.61. The molecule has 1 N–H and O–H groups in total. The van der Waals surface area contributed by atoms with Gasteiger partial charge in [-0.3, -0.25) is 4.98 Å². The molecule has 0 aromatic carbocycles. The van der Waals surface area contributed by atoms with Crippen molar-refractivity contribution < 1.29 is 4.42 Å². The quantitative estimate of drug-likeness (QED) is 0.939. The molecule has 2 aromatic heterocycles. The van der Waals surface area contributed by atoms with E-state index in [-0.39, 0.29) is 6.04 Å². The van der Waals surface area contributed by atoms with E-state index in [1.165, 1.54) is 0 Å². The molecule has 0 saturated heterocycles. The summed E-state index contributed by atoms with van der Waals surface area (Å²) in [6.07, 6.45) is 3.72. The van der Waals surface area contributed by atoms with Gasteiger partial charge < -0.3 is 9.73 Å². The fourth-order valence-electron chi connectivity index (χ4n) is 1.81. The van der Waals surface area contributed by atoms with Crippen LogP contribution in [0.5, 0.6) is 0 Å². The third kappa shape index (κ3) is 2.96. The third-order valence-electron chi connectivity index (χ3n) is 2.52. The van der Waals surface area contributed by atoms with Crippen molar-refractivity contribution in [3.05, 3.63) is 52.1 Å². The molecule has 17 heavy (non-hydrogen) atoms. The molecule has 0 aliphatic rings. The van der Waals surface area contributed by atoms with Crippen LogP contribution in [-0.2, 0) is 0 Å². The van der Waals surface area contributed by atoms with Crippen LogP contribution in [-0.4, -0.2) is 11.5 Å². The average molecular weight is 295 g/mol. The van der Waals surface area contributed by atoms with Crippen LogP contribution in [0.2, 0.25) is 0 Å². The van der Waals surface area contributed by atoms with Crippen LogP contribution in [0.15, 0.2) is 39.7 Å². The van der Waals surface area contributed by atoms with Crippen LogP contribution >= 0.6 is 15.9 Å². The van der Waals surface area contributed by atoms with Crippen LogP contribution in [0.25, 0.3) is 0 Å². The van der Waals surface area contributed by atoms with Gasteiger partial charge in [-0.05, 0) is 52.7 Å². The molecule has 0 aliphatic carbocycles. The lowest BCUT2D eigenvalue weighted by molar-refractivity contribution is 0.437. The van der Waals surface area contributed by atoms with E-state index >= 15 is 0 Å². The fraction of sp³-hybridized carbons (Fsp3) is 0.308. The van der Waals surface area contributed by atoms with E-state index < -0.39 is 0 Å². The Balaban J connectivity index is 2.35. The predicted molar refractivity (Wildman–Crippen MR) is 70.9 cm³/mol. The van der Waals surface area contributed by atoms with Gasteiger partial charge in [-0.25, -0.2) is 0 Å². The van der Waals surface area contributed by atoms with E-state index in [0.717, 1.165) is 28.1 Å². The van der Waals surface area contributed by atoms with E-state index in [9.17, 15) is 0 Å². The SMILES string of the molecule is CCNC(c1cncc(C)c1)c1ccc(Br)o1. The molecule has 0 fully saturated rings. The highest BCUT2D eigenvalue weighted by Crippen LogP contribution is 2.26. The molecule has 1 atom stereocenters. The summed E-state index contributed by atoms with van der Waals surface area (Å²) in [5.41, 5.74) is 2.27. The first kappa shape index (κ1) is 12.3. The van der Waals surface area contributed by atoms with E-state index in [4.69, 9.17) is 4.42 Å². The Morgan fingerprint density at radius 2 is 2.24 bits per heavy atom. The Morgan fingerprint density at radius 1 is 1.41 bits per heavy atom. The minimum atomic E-state index is 0.0544. The van der Waals surface area contributed by atoms with Gasteiger partial charge in [0.15, 0.2) is 4.67 Å². The molecule has 0 spiro atoms. The fourth-order valence-corrected chi connectivity index (χ4v) is 2.13. The largest absolute Gasteiger partial charge is 0.452 e. The first-order valence-corrected chi connectivity index (χ1v) is 6.40. The molecular weight excluding hydrogens is 280 g/mol. The van der Waals surface area contributed by atoms with Gasteiger partial charge in [0, 0.05) is 12.4 Å². The van der Waals surface area contributed by atoms with Crippen LogP contribution < -0.4 is 5.32 Å². The minimum Gasteiger partial charge on any atom is -0.452 e. The summed E-state index contributed by atoms with van der Waals surface area (Å²) in [6, 6.07) is 6.05. The van der Waals surface area contributed by atoms with Gasteiger partial charge >= 0.3 is 0 Å². The number of hydrogen-bond donors (Lipinski definition) is 1. The van der Waals surface area contributed by atoms with Gasteiger partial charge in [-0.2, -0.15) is 0 Å². The van der Waals surface area contributed by atoms with Crippen LogP contribution in [0, 0.1) is 6.92 Å². The van der Waals surface area contributed by atoms with E-state index in [1.807, 2.05) is 31.5 Å². The first-order chi connectivity index (χ1) is 8.20. The monoisotopic (exact) mass is 294 g/mol. The highest BCUT2D eigenvalue weighted by Gasteiger charge is 2.16. The zero-order chi connectivity index (χ0) is 12.3. The molecule has 0 aliphatic heterocycles. The molecule has 4 heteroatoms. The molecule has 0 saturated carbocycles. The number of aryl methyl sites for hydroxylation is 1. The Hall–Kier alpha value is -1.13. The summed E-state index contributed by atoms with van der Waals surface area (Å²) < 4.78 is 6.37.